The smallest absolute Gasteiger partial charge is 0.337 e. The first-order valence-electron chi connectivity index (χ1n) is 5.02. The maximum atomic E-state index is 11.2. The third kappa shape index (κ3) is 5.19. The summed E-state index contributed by atoms with van der Waals surface area (Å²) in [4.78, 5) is 11.2. The molecule has 4 nitrogen and oxygen atoms in total. The molecule has 0 fully saturated rings. The molecule has 1 N–H and O–H groups in total. The maximum Gasteiger partial charge on any atom is 0.337 e. The molecule has 4 heteroatoms. The van der Waals surface area contributed by atoms with Crippen LogP contribution in [0.25, 0.3) is 0 Å². The summed E-state index contributed by atoms with van der Waals surface area (Å²) < 4.78 is 9.95. The molecule has 14 heavy (non-hydrogen) atoms. The molecule has 0 aliphatic carbocycles. The summed E-state index contributed by atoms with van der Waals surface area (Å²) in [6.07, 6.45) is 1.02. The summed E-state index contributed by atoms with van der Waals surface area (Å²) in [7, 11) is 0. The van der Waals surface area contributed by atoms with E-state index in [1.54, 1.807) is 6.92 Å². The van der Waals surface area contributed by atoms with Gasteiger partial charge in [0.2, 0.25) is 0 Å². The average molecular weight is 204 g/mol. The Morgan fingerprint density at radius 2 is 2.00 bits per heavy atom. The zero-order valence-electron chi connectivity index (χ0n) is 9.21. The third-order valence-electron chi connectivity index (χ3n) is 2.00. The molecular weight excluding hydrogens is 184 g/mol. The summed E-state index contributed by atoms with van der Waals surface area (Å²) >= 11 is 0. The van der Waals surface area contributed by atoms with Gasteiger partial charge < -0.3 is 14.6 Å². The zero-order chi connectivity index (χ0) is 11.0. The van der Waals surface area contributed by atoms with Crippen LogP contribution in [0.4, 0.5) is 0 Å². The second kappa shape index (κ2) is 6.79. The van der Waals surface area contributed by atoms with Gasteiger partial charge in [0.25, 0.3) is 0 Å². The molecule has 0 saturated heterocycles. The van der Waals surface area contributed by atoms with E-state index >= 15 is 0 Å². The van der Waals surface area contributed by atoms with E-state index in [-0.39, 0.29) is 0 Å². The molecule has 0 spiro atoms. The van der Waals surface area contributed by atoms with Crippen LogP contribution in [0.2, 0.25) is 0 Å². The quantitative estimate of drug-likeness (QED) is 0.498. The number of rotatable bonds is 7. The van der Waals surface area contributed by atoms with E-state index in [2.05, 4.69) is 0 Å². The minimum absolute atomic E-state index is 0.301. The number of hydrogen-bond donors (Lipinski definition) is 1. The molecule has 0 aromatic heterocycles. The monoisotopic (exact) mass is 204 g/mol. The second-order valence-corrected chi connectivity index (χ2v) is 3.31. The van der Waals surface area contributed by atoms with Crippen molar-refractivity contribution in [2.45, 2.75) is 39.2 Å². The molecule has 0 saturated carbocycles. The first-order chi connectivity index (χ1) is 6.54. The second-order valence-electron chi connectivity index (χ2n) is 3.31. The zero-order valence-corrected chi connectivity index (χ0v) is 9.21. The Balaban J connectivity index is 3.54. The van der Waals surface area contributed by atoms with E-state index in [0.717, 1.165) is 0 Å². The molecule has 0 aromatic rings. The summed E-state index contributed by atoms with van der Waals surface area (Å²) in [6, 6.07) is 0. The highest BCUT2D eigenvalue weighted by Gasteiger charge is 2.29. The van der Waals surface area contributed by atoms with E-state index < -0.39 is 11.6 Å². The van der Waals surface area contributed by atoms with E-state index in [9.17, 15) is 9.90 Å². The fourth-order valence-electron chi connectivity index (χ4n) is 0.770. The lowest BCUT2D eigenvalue weighted by molar-refractivity contribution is -0.164. The van der Waals surface area contributed by atoms with Crippen molar-refractivity contribution in [3.05, 3.63) is 0 Å². The number of aliphatic hydroxyl groups is 1. The van der Waals surface area contributed by atoms with Crippen LogP contribution in [-0.4, -0.2) is 36.5 Å². The Morgan fingerprint density at radius 3 is 2.50 bits per heavy atom. The van der Waals surface area contributed by atoms with Gasteiger partial charge in [-0.25, -0.2) is 4.79 Å². The first-order valence-corrected chi connectivity index (χ1v) is 5.02. The number of carbonyl (C=O) groups is 1. The molecule has 84 valence electrons. The van der Waals surface area contributed by atoms with E-state index in [1.165, 1.54) is 6.92 Å². The number of carbonyl (C=O) groups excluding carboxylic acids is 1. The van der Waals surface area contributed by atoms with Crippen LogP contribution >= 0.6 is 0 Å². The standard InChI is InChI=1S/C10H20O4/c1-4-10(3,12)9(11)14-8-6-7-13-5-2/h12H,4-8H2,1-3H3. The van der Waals surface area contributed by atoms with E-state index in [1.807, 2.05) is 6.92 Å². The van der Waals surface area contributed by atoms with Crippen molar-refractivity contribution in [2.75, 3.05) is 19.8 Å². The number of hydrogen-bond acceptors (Lipinski definition) is 4. The Labute approximate surface area is 85.2 Å². The Kier molecular flexibility index (Phi) is 6.49. The van der Waals surface area contributed by atoms with Gasteiger partial charge in [0.05, 0.1) is 6.61 Å². The van der Waals surface area contributed by atoms with E-state index in [4.69, 9.17) is 9.47 Å². The average Bonchev–Trinajstić information content (AvgIpc) is 2.17. The van der Waals surface area contributed by atoms with Crippen LogP contribution in [0.15, 0.2) is 0 Å². The van der Waals surface area contributed by atoms with Crippen molar-refractivity contribution in [3.63, 3.8) is 0 Å². The lowest BCUT2D eigenvalue weighted by Gasteiger charge is -2.18. The minimum atomic E-state index is -1.36. The fourth-order valence-corrected chi connectivity index (χ4v) is 0.770. The first kappa shape index (κ1) is 13.4. The fraction of sp³-hybridized carbons (Fsp3) is 0.900. The molecule has 0 bridgehead atoms. The van der Waals surface area contributed by atoms with Crippen molar-refractivity contribution < 1.29 is 19.4 Å². The summed E-state index contributed by atoms with van der Waals surface area (Å²) in [5, 5.41) is 9.49. The largest absolute Gasteiger partial charge is 0.463 e. The molecular formula is C10H20O4. The lowest BCUT2D eigenvalue weighted by atomic mass is 10.1. The van der Waals surface area contributed by atoms with E-state index in [0.29, 0.717) is 32.7 Å². The normalized spacial score (nSPS) is 14.9. The maximum absolute atomic E-state index is 11.2. The van der Waals surface area contributed by atoms with Gasteiger partial charge in [0.1, 0.15) is 0 Å². The van der Waals surface area contributed by atoms with Crippen LogP contribution in [0.3, 0.4) is 0 Å². The van der Waals surface area contributed by atoms with Crippen LogP contribution < -0.4 is 0 Å². The summed E-state index contributed by atoms with van der Waals surface area (Å²) in [6.45, 7) is 6.65. The van der Waals surface area contributed by atoms with Gasteiger partial charge in [-0.2, -0.15) is 0 Å². The molecule has 1 atom stereocenters. The Morgan fingerprint density at radius 1 is 1.36 bits per heavy atom. The van der Waals surface area contributed by atoms with Crippen LogP contribution in [0.1, 0.15) is 33.6 Å². The SMILES string of the molecule is CCOCCCOC(=O)C(C)(O)CC. The van der Waals surface area contributed by atoms with Crippen molar-refractivity contribution in [2.24, 2.45) is 0 Å². The molecule has 1 unspecified atom stereocenters. The van der Waals surface area contributed by atoms with Crippen LogP contribution in [0, 0.1) is 0 Å². The highest BCUT2D eigenvalue weighted by molar-refractivity contribution is 5.78. The third-order valence-corrected chi connectivity index (χ3v) is 2.00. The lowest BCUT2D eigenvalue weighted by Crippen LogP contribution is -2.36. The van der Waals surface area contributed by atoms with Gasteiger partial charge >= 0.3 is 5.97 Å². The minimum Gasteiger partial charge on any atom is -0.463 e. The Bertz CT molecular complexity index is 166. The van der Waals surface area contributed by atoms with Crippen LogP contribution in [-0.2, 0) is 14.3 Å². The number of ether oxygens (including phenoxy) is 2. The van der Waals surface area contributed by atoms with Crippen LogP contribution in [0.5, 0.6) is 0 Å². The summed E-state index contributed by atoms with van der Waals surface area (Å²) in [5.74, 6) is -0.559. The topological polar surface area (TPSA) is 55.8 Å². The number of esters is 1. The van der Waals surface area contributed by atoms with Crippen molar-refractivity contribution in [3.8, 4) is 0 Å². The van der Waals surface area contributed by atoms with Gasteiger partial charge in [-0.1, -0.05) is 6.92 Å². The van der Waals surface area contributed by atoms with Gasteiger partial charge in [-0.05, 0) is 20.3 Å². The highest BCUT2D eigenvalue weighted by Crippen LogP contribution is 2.10. The van der Waals surface area contributed by atoms with Gasteiger partial charge in [-0.3, -0.25) is 0 Å². The molecule has 0 amide bonds. The van der Waals surface area contributed by atoms with Crippen molar-refractivity contribution in [1.82, 2.24) is 0 Å². The van der Waals surface area contributed by atoms with Gasteiger partial charge in [-0.15, -0.1) is 0 Å². The molecule has 0 aliphatic heterocycles. The predicted molar refractivity (Wildman–Crippen MR) is 53.0 cm³/mol. The predicted octanol–water partition coefficient (Wildman–Crippen LogP) is 1.12. The van der Waals surface area contributed by atoms with Gasteiger partial charge in [0.15, 0.2) is 5.60 Å². The van der Waals surface area contributed by atoms with Crippen molar-refractivity contribution in [1.29, 1.82) is 0 Å². The highest BCUT2D eigenvalue weighted by atomic mass is 16.6. The molecule has 0 radical (unpaired) electrons. The summed E-state index contributed by atoms with van der Waals surface area (Å²) in [5.41, 5.74) is -1.36. The molecule has 0 aliphatic rings. The van der Waals surface area contributed by atoms with Gasteiger partial charge in [0, 0.05) is 19.6 Å². The van der Waals surface area contributed by atoms with Crippen molar-refractivity contribution >= 4 is 5.97 Å². The molecule has 0 aromatic carbocycles. The molecule has 0 rings (SSSR count). The molecule has 0 heterocycles. The Hall–Kier alpha value is -0.610.